The molecular weight excluding hydrogens is 451 g/mol. The van der Waals surface area contributed by atoms with Gasteiger partial charge in [0.2, 0.25) is 0 Å². The van der Waals surface area contributed by atoms with Gasteiger partial charge in [-0.15, -0.1) is 0 Å². The molecule has 0 aliphatic heterocycles. The first-order valence-corrected chi connectivity index (χ1v) is 11.7. The molecule has 168 valence electrons. The molecule has 4 aromatic rings. The van der Waals surface area contributed by atoms with Crippen molar-refractivity contribution in [2.45, 2.75) is 18.0 Å². The summed E-state index contributed by atoms with van der Waals surface area (Å²) in [5.41, 5.74) is -0.308. The fourth-order valence-corrected chi connectivity index (χ4v) is 4.62. The quantitative estimate of drug-likeness (QED) is 0.339. The van der Waals surface area contributed by atoms with Gasteiger partial charge in [-0.1, -0.05) is 61.5 Å². The van der Waals surface area contributed by atoms with Crippen LogP contribution in [0.4, 0.5) is 13.2 Å². The fourth-order valence-electron chi connectivity index (χ4n) is 3.69. The molecule has 0 fully saturated rings. The Morgan fingerprint density at radius 3 is 2.30 bits per heavy atom. The maximum Gasteiger partial charge on any atom is 0.418 e. The number of ketones is 1. The first-order chi connectivity index (χ1) is 15.6. The van der Waals surface area contributed by atoms with E-state index in [1.165, 1.54) is 37.3 Å². The molecule has 0 unspecified atom stereocenters. The van der Waals surface area contributed by atoms with Crippen molar-refractivity contribution in [2.24, 2.45) is 0 Å². The van der Waals surface area contributed by atoms with Gasteiger partial charge in [0.15, 0.2) is 15.6 Å². The van der Waals surface area contributed by atoms with Crippen LogP contribution in [0, 0.1) is 0 Å². The van der Waals surface area contributed by atoms with Crippen LogP contribution in [-0.4, -0.2) is 24.9 Å². The lowest BCUT2D eigenvalue weighted by molar-refractivity contribution is -0.136. The number of hydrogen-bond donors (Lipinski definition) is 0. The number of sulfone groups is 1. The summed E-state index contributed by atoms with van der Waals surface area (Å²) in [7, 11) is -3.58. The van der Waals surface area contributed by atoms with Crippen LogP contribution >= 0.6 is 0 Å². The van der Waals surface area contributed by atoms with Gasteiger partial charge in [-0.2, -0.15) is 13.2 Å². The molecule has 0 radical (unpaired) electrons. The maximum absolute atomic E-state index is 13.7. The highest BCUT2D eigenvalue weighted by molar-refractivity contribution is 7.91. The summed E-state index contributed by atoms with van der Waals surface area (Å²) in [5, 5.41) is 0.109. The van der Waals surface area contributed by atoms with Crippen molar-refractivity contribution in [1.82, 2.24) is 4.98 Å². The van der Waals surface area contributed by atoms with E-state index in [1.807, 2.05) is 0 Å². The molecule has 1 aromatic heterocycles. The number of nitrogens with zero attached hydrogens (tertiary/aromatic N) is 1. The van der Waals surface area contributed by atoms with Crippen LogP contribution in [0.1, 0.15) is 28.4 Å². The van der Waals surface area contributed by atoms with Crippen LogP contribution in [0.15, 0.2) is 83.9 Å². The van der Waals surface area contributed by atoms with Gasteiger partial charge < -0.3 is 0 Å². The van der Waals surface area contributed by atoms with Crippen molar-refractivity contribution in [3.05, 3.63) is 95.7 Å². The Morgan fingerprint density at radius 2 is 1.64 bits per heavy atom. The molecule has 0 amide bonds. The fraction of sp³-hybridized carbons (Fsp3) is 0.120. The second kappa shape index (κ2) is 8.44. The third-order valence-electron chi connectivity index (χ3n) is 5.35. The molecule has 3 aromatic carbocycles. The molecule has 0 bridgehead atoms. The Kier molecular flexibility index (Phi) is 5.80. The van der Waals surface area contributed by atoms with Gasteiger partial charge in [-0.3, -0.25) is 9.78 Å². The molecule has 0 N–H and O–H groups in total. The summed E-state index contributed by atoms with van der Waals surface area (Å²) in [6, 6.07) is 17.8. The number of hydrogen-bond acceptors (Lipinski definition) is 4. The molecule has 0 spiro atoms. The van der Waals surface area contributed by atoms with Crippen LogP contribution in [0.2, 0.25) is 0 Å². The normalized spacial score (nSPS) is 12.1. The highest BCUT2D eigenvalue weighted by atomic mass is 32.2. The summed E-state index contributed by atoms with van der Waals surface area (Å²) < 4.78 is 65.9. The number of alkyl halides is 3. The van der Waals surface area contributed by atoms with Gasteiger partial charge >= 0.3 is 6.18 Å². The number of halogens is 3. The predicted molar refractivity (Wildman–Crippen MR) is 120 cm³/mol. The third kappa shape index (κ3) is 4.26. The van der Waals surface area contributed by atoms with E-state index < -0.39 is 27.4 Å². The van der Waals surface area contributed by atoms with E-state index in [1.54, 1.807) is 36.4 Å². The van der Waals surface area contributed by atoms with Crippen molar-refractivity contribution >= 4 is 26.5 Å². The van der Waals surface area contributed by atoms with Crippen molar-refractivity contribution in [2.75, 3.05) is 5.75 Å². The summed E-state index contributed by atoms with van der Waals surface area (Å²) in [5.74, 6) is -0.567. The summed E-state index contributed by atoms with van der Waals surface area (Å²) in [6.45, 7) is 1.50. The first-order valence-electron chi connectivity index (χ1n) is 10.1. The average molecular weight is 469 g/mol. The minimum Gasteiger partial charge on any atom is -0.289 e. The molecule has 0 aliphatic rings. The van der Waals surface area contributed by atoms with Crippen molar-refractivity contribution < 1.29 is 26.4 Å². The number of rotatable bonds is 5. The van der Waals surface area contributed by atoms with Crippen LogP contribution in [0.5, 0.6) is 0 Å². The van der Waals surface area contributed by atoms with E-state index >= 15 is 0 Å². The van der Waals surface area contributed by atoms with Gasteiger partial charge in [0.05, 0.1) is 21.7 Å². The van der Waals surface area contributed by atoms with Crippen molar-refractivity contribution in [3.63, 3.8) is 0 Å². The molecule has 8 heteroatoms. The first kappa shape index (κ1) is 22.7. The molecule has 33 heavy (non-hydrogen) atoms. The molecule has 0 atom stereocenters. The van der Waals surface area contributed by atoms with Gasteiger partial charge in [-0.05, 0) is 23.8 Å². The summed E-state index contributed by atoms with van der Waals surface area (Å²) >= 11 is 0. The van der Waals surface area contributed by atoms with Gasteiger partial charge in [0, 0.05) is 28.3 Å². The number of carbonyl (C=O) groups is 1. The van der Waals surface area contributed by atoms with E-state index in [0.29, 0.717) is 11.1 Å². The Hall–Kier alpha value is -3.52. The Labute approximate surface area is 188 Å². The van der Waals surface area contributed by atoms with E-state index in [4.69, 9.17) is 0 Å². The minimum absolute atomic E-state index is 0.0255. The highest BCUT2D eigenvalue weighted by Gasteiger charge is 2.34. The van der Waals surface area contributed by atoms with Crippen LogP contribution in [-0.2, 0) is 16.0 Å². The smallest absolute Gasteiger partial charge is 0.289 e. The second-order valence-electron chi connectivity index (χ2n) is 7.37. The number of benzene rings is 3. The van der Waals surface area contributed by atoms with Gasteiger partial charge in [-0.25, -0.2) is 8.42 Å². The Balaban J connectivity index is 2.08. The van der Waals surface area contributed by atoms with Crippen LogP contribution < -0.4 is 0 Å². The number of carbonyl (C=O) groups excluding carboxylic acids is 1. The van der Waals surface area contributed by atoms with Crippen molar-refractivity contribution in [3.8, 4) is 11.1 Å². The second-order valence-corrected chi connectivity index (χ2v) is 9.65. The zero-order chi connectivity index (χ0) is 23.8. The van der Waals surface area contributed by atoms with Crippen LogP contribution in [0.3, 0.4) is 0 Å². The third-order valence-corrected chi connectivity index (χ3v) is 7.08. The number of aromatic nitrogens is 1. The Bertz CT molecular complexity index is 1460. The predicted octanol–water partition coefficient (Wildman–Crippen LogP) is 5.95. The standard InChI is InChI=1S/C25H18F3NO3S/c1-2-33(31,32)18-11-6-10-17(14-18)22-19-12-7-13-21(25(26,27)28)23(19)29-15-20(22)24(30)16-8-4-3-5-9-16/h3-15H,2H2,1H3. The molecule has 0 aliphatic carbocycles. The lowest BCUT2D eigenvalue weighted by Crippen LogP contribution is -2.10. The zero-order valence-corrected chi connectivity index (χ0v) is 18.2. The number of pyridine rings is 1. The summed E-state index contributed by atoms with van der Waals surface area (Å²) in [4.78, 5) is 17.4. The van der Waals surface area contributed by atoms with Gasteiger partial charge in [0.1, 0.15) is 0 Å². The molecule has 1 heterocycles. The monoisotopic (exact) mass is 469 g/mol. The van der Waals surface area contributed by atoms with E-state index in [-0.39, 0.29) is 32.7 Å². The van der Waals surface area contributed by atoms with E-state index in [0.717, 1.165) is 12.3 Å². The van der Waals surface area contributed by atoms with Gasteiger partial charge in [0.25, 0.3) is 0 Å². The number of fused-ring (bicyclic) bond motifs is 1. The lowest BCUT2D eigenvalue weighted by Gasteiger charge is -2.16. The largest absolute Gasteiger partial charge is 0.418 e. The molecule has 0 saturated carbocycles. The maximum atomic E-state index is 13.7. The molecule has 4 nitrogen and oxygen atoms in total. The van der Waals surface area contributed by atoms with Crippen molar-refractivity contribution in [1.29, 1.82) is 0 Å². The van der Waals surface area contributed by atoms with E-state index in [9.17, 15) is 26.4 Å². The molecule has 4 rings (SSSR count). The SMILES string of the molecule is CCS(=O)(=O)c1cccc(-c2c(C(=O)c3ccccc3)cnc3c(C(F)(F)F)cccc23)c1. The topological polar surface area (TPSA) is 64.1 Å². The Morgan fingerprint density at radius 1 is 0.939 bits per heavy atom. The minimum atomic E-state index is -4.65. The molecular formula is C25H18F3NO3S. The average Bonchev–Trinajstić information content (AvgIpc) is 2.82. The van der Waals surface area contributed by atoms with E-state index in [2.05, 4.69) is 4.98 Å². The highest BCUT2D eigenvalue weighted by Crippen LogP contribution is 2.39. The number of para-hydroxylation sites is 1. The van der Waals surface area contributed by atoms with Crippen LogP contribution in [0.25, 0.3) is 22.0 Å². The lowest BCUT2D eigenvalue weighted by atomic mass is 9.91. The molecule has 0 saturated heterocycles. The zero-order valence-electron chi connectivity index (χ0n) is 17.4. The summed E-state index contributed by atoms with van der Waals surface area (Å²) in [6.07, 6.45) is -3.52.